The fourth-order valence-electron chi connectivity index (χ4n) is 3.69. The van der Waals surface area contributed by atoms with Crippen LogP contribution in [0.1, 0.15) is 44.3 Å². The van der Waals surface area contributed by atoms with Crippen LogP contribution in [0.15, 0.2) is 12.4 Å². The molecule has 1 aliphatic heterocycles. The quantitative estimate of drug-likeness (QED) is 0.849. The van der Waals surface area contributed by atoms with Crippen molar-refractivity contribution in [2.75, 3.05) is 13.1 Å². The number of hydrogen-bond donors (Lipinski definition) is 0. The van der Waals surface area contributed by atoms with Gasteiger partial charge in [-0.2, -0.15) is 5.10 Å². The maximum absolute atomic E-state index is 12.4. The average Bonchev–Trinajstić information content (AvgIpc) is 3.12. The van der Waals surface area contributed by atoms with Crippen LogP contribution in [-0.2, 0) is 18.3 Å². The minimum Gasteiger partial charge on any atom is -0.342 e. The van der Waals surface area contributed by atoms with Crippen LogP contribution in [0.4, 0.5) is 0 Å². The maximum atomic E-state index is 12.4. The number of aromatic nitrogens is 4. The first kappa shape index (κ1) is 18.5. The van der Waals surface area contributed by atoms with Gasteiger partial charge in [-0.05, 0) is 32.6 Å². The molecule has 2 aromatic rings. The van der Waals surface area contributed by atoms with Crippen LogP contribution < -0.4 is 0 Å². The molecule has 0 aliphatic carbocycles. The van der Waals surface area contributed by atoms with Gasteiger partial charge in [-0.15, -0.1) is 0 Å². The number of amides is 1. The van der Waals surface area contributed by atoms with E-state index < -0.39 is 0 Å². The van der Waals surface area contributed by atoms with Gasteiger partial charge in [-0.3, -0.25) is 19.4 Å². The lowest BCUT2D eigenvalue weighted by Crippen LogP contribution is -2.38. The number of carbonyl (C=O) groups excluding carboxylic acids is 1. The van der Waals surface area contributed by atoms with Gasteiger partial charge in [0, 0.05) is 43.0 Å². The molecule has 0 unspecified atom stereocenters. The third-order valence-electron chi connectivity index (χ3n) is 5.18. The summed E-state index contributed by atoms with van der Waals surface area (Å²) in [6.45, 7) is 11.7. The van der Waals surface area contributed by atoms with E-state index in [1.54, 1.807) is 0 Å². The van der Waals surface area contributed by atoms with E-state index in [1.807, 2.05) is 63.6 Å². The van der Waals surface area contributed by atoms with Gasteiger partial charge in [0.15, 0.2) is 0 Å². The zero-order valence-electron chi connectivity index (χ0n) is 16.7. The van der Waals surface area contributed by atoms with Crippen molar-refractivity contribution >= 4 is 5.91 Å². The second-order valence-corrected chi connectivity index (χ2v) is 8.42. The summed E-state index contributed by atoms with van der Waals surface area (Å²) >= 11 is 0. The van der Waals surface area contributed by atoms with Crippen molar-refractivity contribution in [2.45, 2.75) is 47.5 Å². The SMILES string of the molecule is Cc1nn(C)c(C)c1-c1cnc(C[C@H]2CCN(C(=O)C(C)(C)C)C2)cn1. The lowest BCUT2D eigenvalue weighted by atomic mass is 9.95. The molecular formula is C20H29N5O. The molecule has 0 N–H and O–H groups in total. The van der Waals surface area contributed by atoms with E-state index in [-0.39, 0.29) is 11.3 Å². The summed E-state index contributed by atoms with van der Waals surface area (Å²) in [7, 11) is 1.94. The Kier molecular flexibility index (Phi) is 4.86. The van der Waals surface area contributed by atoms with Crippen molar-refractivity contribution in [3.63, 3.8) is 0 Å². The molecule has 26 heavy (non-hydrogen) atoms. The zero-order valence-corrected chi connectivity index (χ0v) is 16.7. The lowest BCUT2D eigenvalue weighted by molar-refractivity contribution is -0.138. The fraction of sp³-hybridized carbons (Fsp3) is 0.600. The summed E-state index contributed by atoms with van der Waals surface area (Å²) in [4.78, 5) is 23.7. The third kappa shape index (κ3) is 3.64. The van der Waals surface area contributed by atoms with Crippen molar-refractivity contribution in [3.05, 3.63) is 29.5 Å². The van der Waals surface area contributed by atoms with Gasteiger partial charge in [0.25, 0.3) is 0 Å². The van der Waals surface area contributed by atoms with Crippen molar-refractivity contribution in [1.82, 2.24) is 24.6 Å². The Morgan fingerprint density at radius 2 is 1.96 bits per heavy atom. The van der Waals surface area contributed by atoms with Crippen LogP contribution in [0, 0.1) is 25.2 Å². The fourth-order valence-corrected chi connectivity index (χ4v) is 3.69. The highest BCUT2D eigenvalue weighted by atomic mass is 16.2. The third-order valence-corrected chi connectivity index (χ3v) is 5.18. The zero-order chi connectivity index (χ0) is 19.1. The Hall–Kier alpha value is -2.24. The summed E-state index contributed by atoms with van der Waals surface area (Å²) in [5.41, 5.74) is 4.68. The Morgan fingerprint density at radius 1 is 1.23 bits per heavy atom. The lowest BCUT2D eigenvalue weighted by Gasteiger charge is -2.25. The number of aryl methyl sites for hydroxylation is 2. The van der Waals surface area contributed by atoms with Gasteiger partial charge >= 0.3 is 0 Å². The molecule has 140 valence electrons. The van der Waals surface area contributed by atoms with Crippen LogP contribution in [0.3, 0.4) is 0 Å². The second kappa shape index (κ2) is 6.82. The van der Waals surface area contributed by atoms with E-state index in [9.17, 15) is 4.79 Å². The number of rotatable bonds is 3. The largest absolute Gasteiger partial charge is 0.342 e. The number of hydrogen-bond acceptors (Lipinski definition) is 4. The molecule has 0 radical (unpaired) electrons. The maximum Gasteiger partial charge on any atom is 0.227 e. The van der Waals surface area contributed by atoms with Crippen molar-refractivity contribution in [3.8, 4) is 11.3 Å². The highest BCUT2D eigenvalue weighted by Gasteiger charge is 2.32. The van der Waals surface area contributed by atoms with Crippen LogP contribution in [0.25, 0.3) is 11.3 Å². The van der Waals surface area contributed by atoms with Crippen LogP contribution >= 0.6 is 0 Å². The van der Waals surface area contributed by atoms with E-state index >= 15 is 0 Å². The first-order valence-electron chi connectivity index (χ1n) is 9.27. The van der Waals surface area contributed by atoms with E-state index in [1.165, 1.54) is 0 Å². The average molecular weight is 355 g/mol. The smallest absolute Gasteiger partial charge is 0.227 e. The molecule has 0 bridgehead atoms. The predicted octanol–water partition coefficient (Wildman–Crippen LogP) is 2.93. The van der Waals surface area contributed by atoms with Crippen molar-refractivity contribution in [1.29, 1.82) is 0 Å². The minimum absolute atomic E-state index is 0.240. The summed E-state index contributed by atoms with van der Waals surface area (Å²) in [6, 6.07) is 0. The predicted molar refractivity (Wildman–Crippen MR) is 102 cm³/mol. The normalized spacial score (nSPS) is 17.8. The highest BCUT2D eigenvalue weighted by molar-refractivity contribution is 5.81. The van der Waals surface area contributed by atoms with Crippen LogP contribution in [-0.4, -0.2) is 43.6 Å². The molecule has 1 saturated heterocycles. The number of nitrogens with zero attached hydrogens (tertiary/aromatic N) is 5. The van der Waals surface area contributed by atoms with Crippen molar-refractivity contribution in [2.24, 2.45) is 18.4 Å². The van der Waals surface area contributed by atoms with E-state index in [4.69, 9.17) is 0 Å². The van der Waals surface area contributed by atoms with Gasteiger partial charge in [0.1, 0.15) is 0 Å². The molecule has 0 saturated carbocycles. The summed E-state index contributed by atoms with van der Waals surface area (Å²) in [5.74, 6) is 0.701. The number of likely N-dealkylation sites (tertiary alicyclic amines) is 1. The molecule has 0 spiro atoms. The topological polar surface area (TPSA) is 63.9 Å². The molecule has 2 aromatic heterocycles. The van der Waals surface area contributed by atoms with E-state index in [0.29, 0.717) is 5.92 Å². The number of carbonyl (C=O) groups is 1. The Bertz CT molecular complexity index is 801. The minimum atomic E-state index is -0.310. The van der Waals surface area contributed by atoms with Gasteiger partial charge in [0.05, 0.1) is 23.3 Å². The van der Waals surface area contributed by atoms with Gasteiger partial charge < -0.3 is 4.90 Å². The molecule has 0 aromatic carbocycles. The van der Waals surface area contributed by atoms with Gasteiger partial charge in [-0.1, -0.05) is 20.8 Å². The molecule has 1 fully saturated rings. The monoisotopic (exact) mass is 355 g/mol. The first-order valence-corrected chi connectivity index (χ1v) is 9.27. The Morgan fingerprint density at radius 3 is 2.50 bits per heavy atom. The molecule has 6 nitrogen and oxygen atoms in total. The molecule has 3 heterocycles. The van der Waals surface area contributed by atoms with E-state index in [2.05, 4.69) is 15.1 Å². The molecule has 3 rings (SSSR count). The second-order valence-electron chi connectivity index (χ2n) is 8.42. The molecular weight excluding hydrogens is 326 g/mol. The molecule has 6 heteroatoms. The summed E-state index contributed by atoms with van der Waals surface area (Å²) in [5, 5.41) is 4.45. The first-order chi connectivity index (χ1) is 12.2. The highest BCUT2D eigenvalue weighted by Crippen LogP contribution is 2.27. The summed E-state index contributed by atoms with van der Waals surface area (Å²) < 4.78 is 1.87. The van der Waals surface area contributed by atoms with Crippen molar-refractivity contribution < 1.29 is 4.79 Å². The molecule has 1 aliphatic rings. The molecule has 1 atom stereocenters. The molecule has 1 amide bonds. The van der Waals surface area contributed by atoms with Gasteiger partial charge in [0.2, 0.25) is 5.91 Å². The summed E-state index contributed by atoms with van der Waals surface area (Å²) in [6.07, 6.45) is 5.62. The van der Waals surface area contributed by atoms with Crippen LogP contribution in [0.2, 0.25) is 0 Å². The standard InChI is InChI=1S/C20H29N5O/c1-13-18(14(2)24(6)23-13)17-11-21-16(10-22-17)9-15-7-8-25(12-15)19(26)20(3,4)5/h10-11,15H,7-9,12H2,1-6H3/t15-/m1/s1. The van der Waals surface area contributed by atoms with E-state index in [0.717, 1.165) is 54.3 Å². The van der Waals surface area contributed by atoms with Crippen LogP contribution in [0.5, 0.6) is 0 Å². The Labute approximate surface area is 155 Å². The Balaban J connectivity index is 1.66. The van der Waals surface area contributed by atoms with Gasteiger partial charge in [-0.25, -0.2) is 0 Å².